The lowest BCUT2D eigenvalue weighted by Crippen LogP contribution is -2.27. The second-order valence-corrected chi connectivity index (χ2v) is 4.78. The summed E-state index contributed by atoms with van der Waals surface area (Å²) >= 11 is 0. The molecule has 2 atom stereocenters. The van der Waals surface area contributed by atoms with Gasteiger partial charge in [0.25, 0.3) is 5.69 Å². The fourth-order valence-corrected chi connectivity index (χ4v) is 2.45. The van der Waals surface area contributed by atoms with Crippen molar-refractivity contribution >= 4 is 17.5 Å². The number of pyridine rings is 1. The number of aromatic nitrogens is 1. The van der Waals surface area contributed by atoms with E-state index in [0.29, 0.717) is 0 Å². The van der Waals surface area contributed by atoms with Crippen molar-refractivity contribution in [2.24, 2.45) is 5.92 Å². The molecule has 0 spiro atoms. The van der Waals surface area contributed by atoms with Gasteiger partial charge in [0, 0.05) is 24.6 Å². The third-order valence-electron chi connectivity index (χ3n) is 3.53. The monoisotopic (exact) mass is 281 g/mol. The molecule has 0 radical (unpaired) electrons. The first-order chi connectivity index (χ1) is 9.52. The fourth-order valence-electron chi connectivity index (χ4n) is 2.45. The summed E-state index contributed by atoms with van der Waals surface area (Å²) < 4.78 is 0. The quantitative estimate of drug-likeness (QED) is 0.547. The number of aliphatic hydroxyl groups excluding tert-OH is 1. The molecule has 1 aliphatic carbocycles. The molecule has 1 saturated carbocycles. The fraction of sp³-hybridized carbons (Fsp3) is 0.500. The molecule has 1 aromatic heterocycles. The zero-order chi connectivity index (χ0) is 14.7. The van der Waals surface area contributed by atoms with Gasteiger partial charge in [0.1, 0.15) is 17.6 Å². The summed E-state index contributed by atoms with van der Waals surface area (Å²) in [7, 11) is 0. The van der Waals surface area contributed by atoms with Crippen LogP contribution in [0.4, 0.5) is 11.5 Å². The SMILES string of the molecule is O=C(O)c1cc([N+](=O)[O-])cnc1NC1CCCC1CO. The van der Waals surface area contributed by atoms with Gasteiger partial charge in [-0.3, -0.25) is 10.1 Å². The number of anilines is 1. The number of rotatable bonds is 5. The van der Waals surface area contributed by atoms with Gasteiger partial charge in [-0.05, 0) is 12.8 Å². The standard InChI is InChI=1S/C12H15N3O5/c16-6-7-2-1-3-10(7)14-11-9(12(17)18)4-8(5-13-11)15(19)20/h4-5,7,10,16H,1-3,6H2,(H,13,14)(H,17,18). The van der Waals surface area contributed by atoms with Crippen LogP contribution in [0.5, 0.6) is 0 Å². The van der Waals surface area contributed by atoms with E-state index < -0.39 is 10.9 Å². The highest BCUT2D eigenvalue weighted by atomic mass is 16.6. The molecule has 0 saturated heterocycles. The minimum Gasteiger partial charge on any atom is -0.478 e. The molecule has 1 fully saturated rings. The number of nitrogens with zero attached hydrogens (tertiary/aromatic N) is 2. The predicted molar refractivity (Wildman–Crippen MR) is 69.7 cm³/mol. The van der Waals surface area contributed by atoms with Crippen LogP contribution in [-0.2, 0) is 0 Å². The summed E-state index contributed by atoms with van der Waals surface area (Å²) in [6, 6.07) is 0.924. The molecule has 2 unspecified atom stereocenters. The molecule has 3 N–H and O–H groups in total. The van der Waals surface area contributed by atoms with Crippen LogP contribution >= 0.6 is 0 Å². The zero-order valence-corrected chi connectivity index (χ0v) is 10.7. The summed E-state index contributed by atoms with van der Waals surface area (Å²) in [6.07, 6.45) is 3.64. The maximum Gasteiger partial charge on any atom is 0.339 e. The van der Waals surface area contributed by atoms with Gasteiger partial charge < -0.3 is 15.5 Å². The summed E-state index contributed by atoms with van der Waals surface area (Å²) in [5.41, 5.74) is -0.596. The van der Waals surface area contributed by atoms with Gasteiger partial charge in [-0.25, -0.2) is 9.78 Å². The van der Waals surface area contributed by atoms with E-state index in [1.54, 1.807) is 0 Å². The Morgan fingerprint density at radius 1 is 1.55 bits per heavy atom. The summed E-state index contributed by atoms with van der Waals surface area (Å²) in [4.78, 5) is 25.0. The predicted octanol–water partition coefficient (Wildman–Crippen LogP) is 1.26. The summed E-state index contributed by atoms with van der Waals surface area (Å²) in [5.74, 6) is -1.12. The van der Waals surface area contributed by atoms with Crippen molar-refractivity contribution in [1.82, 2.24) is 4.98 Å². The van der Waals surface area contributed by atoms with Crippen LogP contribution in [0.3, 0.4) is 0 Å². The number of carboxylic acids is 1. The number of carboxylic acid groups (broad SMARTS) is 1. The Labute approximate surface area is 114 Å². The van der Waals surface area contributed by atoms with Crippen LogP contribution in [0.15, 0.2) is 12.3 Å². The number of aromatic carboxylic acids is 1. The Balaban J connectivity index is 2.27. The molecule has 0 bridgehead atoms. The minimum atomic E-state index is -1.28. The van der Waals surface area contributed by atoms with Gasteiger partial charge in [-0.15, -0.1) is 0 Å². The van der Waals surface area contributed by atoms with Crippen LogP contribution in [0.25, 0.3) is 0 Å². The number of nitro groups is 1. The van der Waals surface area contributed by atoms with E-state index in [4.69, 9.17) is 5.11 Å². The molecular weight excluding hydrogens is 266 g/mol. The molecule has 1 aromatic rings. The number of hydrogen-bond donors (Lipinski definition) is 3. The largest absolute Gasteiger partial charge is 0.478 e. The molecule has 108 valence electrons. The average Bonchev–Trinajstić information content (AvgIpc) is 2.85. The van der Waals surface area contributed by atoms with Crippen molar-refractivity contribution in [2.45, 2.75) is 25.3 Å². The maximum absolute atomic E-state index is 11.2. The molecule has 1 heterocycles. The van der Waals surface area contributed by atoms with Gasteiger partial charge in [-0.2, -0.15) is 0 Å². The molecular formula is C12H15N3O5. The minimum absolute atomic E-state index is 0.0209. The average molecular weight is 281 g/mol. The first-order valence-corrected chi connectivity index (χ1v) is 6.28. The first-order valence-electron chi connectivity index (χ1n) is 6.28. The Morgan fingerprint density at radius 2 is 2.30 bits per heavy atom. The van der Waals surface area contributed by atoms with E-state index in [1.807, 2.05) is 0 Å². The van der Waals surface area contributed by atoms with E-state index in [1.165, 1.54) is 0 Å². The number of hydrogen-bond acceptors (Lipinski definition) is 6. The smallest absolute Gasteiger partial charge is 0.339 e. The Morgan fingerprint density at radius 3 is 2.90 bits per heavy atom. The van der Waals surface area contributed by atoms with Crippen LogP contribution in [-0.4, -0.2) is 38.7 Å². The van der Waals surface area contributed by atoms with Crippen molar-refractivity contribution in [2.75, 3.05) is 11.9 Å². The second kappa shape index (κ2) is 5.83. The topological polar surface area (TPSA) is 126 Å². The first kappa shape index (κ1) is 14.2. The highest BCUT2D eigenvalue weighted by molar-refractivity contribution is 5.93. The van der Waals surface area contributed by atoms with Crippen LogP contribution in [0.2, 0.25) is 0 Å². The lowest BCUT2D eigenvalue weighted by atomic mass is 10.0. The Hall–Kier alpha value is -2.22. The van der Waals surface area contributed by atoms with E-state index in [0.717, 1.165) is 31.5 Å². The van der Waals surface area contributed by atoms with Crippen molar-refractivity contribution < 1.29 is 19.9 Å². The van der Waals surface area contributed by atoms with Gasteiger partial charge in [0.05, 0.1) is 4.92 Å². The highest BCUT2D eigenvalue weighted by Gasteiger charge is 2.28. The van der Waals surface area contributed by atoms with Crippen molar-refractivity contribution in [3.05, 3.63) is 27.9 Å². The third-order valence-corrected chi connectivity index (χ3v) is 3.53. The van der Waals surface area contributed by atoms with E-state index in [-0.39, 0.29) is 35.6 Å². The summed E-state index contributed by atoms with van der Waals surface area (Å²) in [5, 5.41) is 32.0. The van der Waals surface area contributed by atoms with Crippen LogP contribution in [0, 0.1) is 16.0 Å². The van der Waals surface area contributed by atoms with E-state index >= 15 is 0 Å². The molecule has 1 aliphatic rings. The van der Waals surface area contributed by atoms with Gasteiger partial charge in [0.15, 0.2) is 0 Å². The Kier molecular flexibility index (Phi) is 4.14. The second-order valence-electron chi connectivity index (χ2n) is 4.78. The lowest BCUT2D eigenvalue weighted by molar-refractivity contribution is -0.385. The van der Waals surface area contributed by atoms with E-state index in [2.05, 4.69) is 10.3 Å². The lowest BCUT2D eigenvalue weighted by Gasteiger charge is -2.20. The van der Waals surface area contributed by atoms with Crippen molar-refractivity contribution in [1.29, 1.82) is 0 Å². The van der Waals surface area contributed by atoms with Gasteiger partial charge in [-0.1, -0.05) is 6.42 Å². The van der Waals surface area contributed by atoms with Gasteiger partial charge in [0.2, 0.25) is 0 Å². The molecule has 20 heavy (non-hydrogen) atoms. The molecule has 2 rings (SSSR count). The molecule has 0 aliphatic heterocycles. The van der Waals surface area contributed by atoms with Crippen LogP contribution < -0.4 is 5.32 Å². The molecule has 8 nitrogen and oxygen atoms in total. The molecule has 0 aromatic carbocycles. The van der Waals surface area contributed by atoms with Crippen LogP contribution in [0.1, 0.15) is 29.6 Å². The summed E-state index contributed by atoms with van der Waals surface area (Å²) in [6.45, 7) is 0.0209. The van der Waals surface area contributed by atoms with Crippen molar-refractivity contribution in [3.8, 4) is 0 Å². The zero-order valence-electron chi connectivity index (χ0n) is 10.7. The normalized spacial score (nSPS) is 21.6. The number of aliphatic hydroxyl groups is 1. The number of carbonyl (C=O) groups is 1. The van der Waals surface area contributed by atoms with Crippen molar-refractivity contribution in [3.63, 3.8) is 0 Å². The third kappa shape index (κ3) is 2.85. The molecule has 0 amide bonds. The molecule has 8 heteroatoms. The van der Waals surface area contributed by atoms with Gasteiger partial charge >= 0.3 is 5.97 Å². The van der Waals surface area contributed by atoms with E-state index in [9.17, 15) is 20.0 Å². The Bertz CT molecular complexity index is 534. The highest BCUT2D eigenvalue weighted by Crippen LogP contribution is 2.29. The maximum atomic E-state index is 11.2. The number of nitrogens with one attached hydrogen (secondary N) is 1.